The molecule has 0 saturated carbocycles. The second-order valence-electron chi connectivity index (χ2n) is 4.27. The number of nitrogens with two attached hydrogens (primary N) is 1. The van der Waals surface area contributed by atoms with Crippen LogP contribution in [0.4, 0.5) is 0 Å². The van der Waals surface area contributed by atoms with Crippen molar-refractivity contribution in [2.45, 2.75) is 38.6 Å². The third kappa shape index (κ3) is 4.77. The van der Waals surface area contributed by atoms with E-state index in [0.717, 1.165) is 32.3 Å². The van der Waals surface area contributed by atoms with Crippen LogP contribution in [-0.2, 0) is 17.6 Å². The summed E-state index contributed by atoms with van der Waals surface area (Å²) in [6.45, 7) is 2.98. The second-order valence-corrected chi connectivity index (χ2v) is 4.27. The van der Waals surface area contributed by atoms with Crippen molar-refractivity contribution in [2.24, 2.45) is 5.73 Å². The lowest BCUT2D eigenvalue weighted by molar-refractivity contribution is 0.190. The molecule has 1 rings (SSSR count). The predicted molar refractivity (Wildman–Crippen MR) is 68.6 cm³/mol. The van der Waals surface area contributed by atoms with Crippen LogP contribution in [0.2, 0.25) is 0 Å². The summed E-state index contributed by atoms with van der Waals surface area (Å²) in [6.07, 6.45) is 4.14. The zero-order chi connectivity index (χ0) is 11.8. The first-order chi connectivity index (χ1) is 7.76. The maximum absolute atomic E-state index is 6.06. The number of ether oxygens (including phenoxy) is 1. The summed E-state index contributed by atoms with van der Waals surface area (Å²) in [5, 5.41) is 0. The Morgan fingerprint density at radius 3 is 2.38 bits per heavy atom. The molecule has 0 radical (unpaired) electrons. The second kappa shape index (κ2) is 7.42. The van der Waals surface area contributed by atoms with Crippen molar-refractivity contribution in [3.05, 3.63) is 35.4 Å². The van der Waals surface area contributed by atoms with E-state index < -0.39 is 0 Å². The van der Waals surface area contributed by atoms with Crippen molar-refractivity contribution in [3.63, 3.8) is 0 Å². The van der Waals surface area contributed by atoms with Gasteiger partial charge in [0.1, 0.15) is 0 Å². The lowest BCUT2D eigenvalue weighted by Crippen LogP contribution is -2.23. The number of hydrogen-bond donors (Lipinski definition) is 1. The monoisotopic (exact) mass is 221 g/mol. The van der Waals surface area contributed by atoms with Crippen LogP contribution in [-0.4, -0.2) is 19.8 Å². The Morgan fingerprint density at radius 1 is 1.19 bits per heavy atom. The third-order valence-electron chi connectivity index (χ3n) is 2.85. The molecule has 0 aliphatic heterocycles. The Balaban J connectivity index is 2.34. The van der Waals surface area contributed by atoms with Gasteiger partial charge in [0.2, 0.25) is 0 Å². The molecule has 2 N–H and O–H groups in total. The molecule has 0 bridgehead atoms. The van der Waals surface area contributed by atoms with Gasteiger partial charge in [-0.15, -0.1) is 0 Å². The average molecular weight is 221 g/mol. The van der Waals surface area contributed by atoms with Gasteiger partial charge in [0, 0.05) is 19.8 Å². The maximum atomic E-state index is 6.06. The summed E-state index contributed by atoms with van der Waals surface area (Å²) in [5.74, 6) is 0. The Hall–Kier alpha value is -0.860. The Kier molecular flexibility index (Phi) is 6.12. The molecule has 0 aliphatic rings. The summed E-state index contributed by atoms with van der Waals surface area (Å²) in [5.41, 5.74) is 8.78. The molecule has 0 spiro atoms. The van der Waals surface area contributed by atoms with Gasteiger partial charge in [0.15, 0.2) is 0 Å². The van der Waals surface area contributed by atoms with Crippen molar-refractivity contribution in [3.8, 4) is 0 Å². The number of hydrogen-bond acceptors (Lipinski definition) is 2. The minimum atomic E-state index is 0.252. The SMILES string of the molecule is CCc1ccc(CC(N)CCCOC)cc1. The molecule has 1 aromatic rings. The molecule has 0 aliphatic carbocycles. The summed E-state index contributed by atoms with van der Waals surface area (Å²) < 4.78 is 5.02. The van der Waals surface area contributed by atoms with Gasteiger partial charge in [0.05, 0.1) is 0 Å². The smallest absolute Gasteiger partial charge is 0.0462 e. The van der Waals surface area contributed by atoms with E-state index in [9.17, 15) is 0 Å². The highest BCUT2D eigenvalue weighted by Gasteiger charge is 2.03. The van der Waals surface area contributed by atoms with Gasteiger partial charge in [-0.2, -0.15) is 0 Å². The molecule has 0 heterocycles. The third-order valence-corrected chi connectivity index (χ3v) is 2.85. The van der Waals surface area contributed by atoms with Gasteiger partial charge in [-0.1, -0.05) is 31.2 Å². The zero-order valence-electron chi connectivity index (χ0n) is 10.4. The molecule has 1 aromatic carbocycles. The Labute approximate surface area is 98.8 Å². The fourth-order valence-corrected chi connectivity index (χ4v) is 1.81. The summed E-state index contributed by atoms with van der Waals surface area (Å²) >= 11 is 0. The average Bonchev–Trinajstić information content (AvgIpc) is 2.30. The van der Waals surface area contributed by atoms with Crippen LogP contribution in [0.15, 0.2) is 24.3 Å². The van der Waals surface area contributed by atoms with Gasteiger partial charge >= 0.3 is 0 Å². The number of methoxy groups -OCH3 is 1. The molecular formula is C14H23NO. The van der Waals surface area contributed by atoms with Crippen LogP contribution in [0.5, 0.6) is 0 Å². The van der Waals surface area contributed by atoms with Crippen molar-refractivity contribution in [1.29, 1.82) is 0 Å². The van der Waals surface area contributed by atoms with E-state index in [2.05, 4.69) is 31.2 Å². The van der Waals surface area contributed by atoms with E-state index in [-0.39, 0.29) is 6.04 Å². The van der Waals surface area contributed by atoms with Crippen LogP contribution < -0.4 is 5.73 Å². The lowest BCUT2D eigenvalue weighted by atomic mass is 10.0. The van der Waals surface area contributed by atoms with Crippen molar-refractivity contribution in [1.82, 2.24) is 0 Å². The van der Waals surface area contributed by atoms with Gasteiger partial charge in [-0.05, 0) is 36.8 Å². The number of benzene rings is 1. The van der Waals surface area contributed by atoms with E-state index in [4.69, 9.17) is 10.5 Å². The molecule has 0 saturated heterocycles. The minimum Gasteiger partial charge on any atom is -0.385 e. The van der Waals surface area contributed by atoms with Crippen LogP contribution in [0, 0.1) is 0 Å². The first-order valence-corrected chi connectivity index (χ1v) is 6.08. The molecule has 2 heteroatoms. The summed E-state index contributed by atoms with van der Waals surface area (Å²) in [6, 6.07) is 9.01. The summed E-state index contributed by atoms with van der Waals surface area (Å²) in [7, 11) is 1.73. The summed E-state index contributed by atoms with van der Waals surface area (Å²) in [4.78, 5) is 0. The van der Waals surface area contributed by atoms with Gasteiger partial charge in [-0.3, -0.25) is 0 Å². The first kappa shape index (κ1) is 13.2. The van der Waals surface area contributed by atoms with Gasteiger partial charge in [-0.25, -0.2) is 0 Å². The molecule has 16 heavy (non-hydrogen) atoms. The highest BCUT2D eigenvalue weighted by atomic mass is 16.5. The first-order valence-electron chi connectivity index (χ1n) is 6.08. The topological polar surface area (TPSA) is 35.2 Å². The fourth-order valence-electron chi connectivity index (χ4n) is 1.81. The van der Waals surface area contributed by atoms with Crippen LogP contribution in [0.1, 0.15) is 30.9 Å². The Bertz CT molecular complexity index is 281. The minimum absolute atomic E-state index is 0.252. The lowest BCUT2D eigenvalue weighted by Gasteiger charge is -2.11. The van der Waals surface area contributed by atoms with Crippen molar-refractivity contribution < 1.29 is 4.74 Å². The van der Waals surface area contributed by atoms with Crippen molar-refractivity contribution in [2.75, 3.05) is 13.7 Å². The molecular weight excluding hydrogens is 198 g/mol. The maximum Gasteiger partial charge on any atom is 0.0462 e. The van der Waals surface area contributed by atoms with E-state index >= 15 is 0 Å². The van der Waals surface area contributed by atoms with E-state index in [1.54, 1.807) is 7.11 Å². The largest absolute Gasteiger partial charge is 0.385 e. The molecule has 0 aromatic heterocycles. The molecule has 0 fully saturated rings. The van der Waals surface area contributed by atoms with E-state index in [0.29, 0.717) is 0 Å². The van der Waals surface area contributed by atoms with Gasteiger partial charge < -0.3 is 10.5 Å². The normalized spacial score (nSPS) is 12.7. The molecule has 2 nitrogen and oxygen atoms in total. The molecule has 90 valence electrons. The van der Waals surface area contributed by atoms with Crippen LogP contribution >= 0.6 is 0 Å². The highest BCUT2D eigenvalue weighted by molar-refractivity contribution is 5.23. The van der Waals surface area contributed by atoms with E-state index in [1.165, 1.54) is 11.1 Å². The van der Waals surface area contributed by atoms with E-state index in [1.807, 2.05) is 0 Å². The standard InChI is InChI=1S/C14H23NO/c1-3-12-6-8-13(9-7-12)11-14(15)5-4-10-16-2/h6-9,14H,3-5,10-11,15H2,1-2H3. The number of aryl methyl sites for hydroxylation is 1. The van der Waals surface area contributed by atoms with Crippen molar-refractivity contribution >= 4 is 0 Å². The molecule has 1 unspecified atom stereocenters. The molecule has 1 atom stereocenters. The van der Waals surface area contributed by atoms with Crippen LogP contribution in [0.3, 0.4) is 0 Å². The number of rotatable bonds is 7. The highest BCUT2D eigenvalue weighted by Crippen LogP contribution is 2.09. The quantitative estimate of drug-likeness (QED) is 0.718. The molecule has 0 amide bonds. The van der Waals surface area contributed by atoms with Crippen LogP contribution in [0.25, 0.3) is 0 Å². The predicted octanol–water partition coefficient (Wildman–Crippen LogP) is 2.55. The van der Waals surface area contributed by atoms with Gasteiger partial charge in [0.25, 0.3) is 0 Å². The zero-order valence-corrected chi connectivity index (χ0v) is 10.4. The Morgan fingerprint density at radius 2 is 1.81 bits per heavy atom. The fraction of sp³-hybridized carbons (Fsp3) is 0.571.